The highest BCUT2D eigenvalue weighted by Crippen LogP contribution is 2.17. The van der Waals surface area contributed by atoms with Crippen LogP contribution >= 0.6 is 0 Å². The summed E-state index contributed by atoms with van der Waals surface area (Å²) in [6, 6.07) is 13.1. The molecule has 1 heterocycles. The summed E-state index contributed by atoms with van der Waals surface area (Å²) in [6.07, 6.45) is 5.75. The summed E-state index contributed by atoms with van der Waals surface area (Å²) < 4.78 is 0. The van der Waals surface area contributed by atoms with Crippen molar-refractivity contribution in [3.8, 4) is 6.07 Å². The average Bonchev–Trinajstić information content (AvgIpc) is 2.43. The van der Waals surface area contributed by atoms with Gasteiger partial charge in [0.1, 0.15) is 11.8 Å². The number of aryl methyl sites for hydroxylation is 4. The van der Waals surface area contributed by atoms with E-state index in [1.807, 2.05) is 6.20 Å². The summed E-state index contributed by atoms with van der Waals surface area (Å²) in [6.45, 7) is 0. The second kappa shape index (κ2) is 4.62. The van der Waals surface area contributed by atoms with Crippen molar-refractivity contribution < 1.29 is 0 Å². The standard InChI is InChI=1S/C16H14N2/c17-10-16-15-7-6-13-3-1-2-12(8-13)4-5-14(9-15)11-18-16/h1-3,8-9,11H,4-7H2. The molecule has 0 atom stereocenters. The normalized spacial score (nSPS) is 13.7. The number of aromatic nitrogens is 1. The maximum Gasteiger partial charge on any atom is 0.143 e. The third-order valence-electron chi connectivity index (χ3n) is 3.51. The SMILES string of the molecule is N#Cc1ncc2cc1CCc1cccc(c1)CC2. The third-order valence-corrected chi connectivity index (χ3v) is 3.51. The molecule has 1 aromatic carbocycles. The Morgan fingerprint density at radius 3 is 2.44 bits per heavy atom. The summed E-state index contributed by atoms with van der Waals surface area (Å²) in [5, 5.41) is 9.08. The van der Waals surface area contributed by atoms with E-state index >= 15 is 0 Å². The number of nitriles is 1. The first-order valence-electron chi connectivity index (χ1n) is 6.31. The van der Waals surface area contributed by atoms with Gasteiger partial charge < -0.3 is 0 Å². The van der Waals surface area contributed by atoms with Gasteiger partial charge in [0.05, 0.1) is 0 Å². The summed E-state index contributed by atoms with van der Waals surface area (Å²) in [7, 11) is 0. The third kappa shape index (κ3) is 2.12. The second-order valence-corrected chi connectivity index (χ2v) is 4.78. The predicted molar refractivity (Wildman–Crippen MR) is 70.2 cm³/mol. The zero-order chi connectivity index (χ0) is 12.4. The molecular formula is C16H14N2. The minimum absolute atomic E-state index is 0.579. The molecular weight excluding hydrogens is 220 g/mol. The van der Waals surface area contributed by atoms with Crippen LogP contribution in [0.25, 0.3) is 0 Å². The van der Waals surface area contributed by atoms with Gasteiger partial charge in [-0.25, -0.2) is 4.98 Å². The molecule has 0 saturated carbocycles. The smallest absolute Gasteiger partial charge is 0.143 e. The van der Waals surface area contributed by atoms with Crippen molar-refractivity contribution in [2.75, 3.05) is 0 Å². The fourth-order valence-electron chi connectivity index (χ4n) is 2.50. The molecule has 88 valence electrons. The molecule has 2 heteroatoms. The number of pyridine rings is 1. The lowest BCUT2D eigenvalue weighted by molar-refractivity contribution is 0.885. The molecule has 2 aromatic rings. The van der Waals surface area contributed by atoms with Crippen molar-refractivity contribution in [1.82, 2.24) is 4.98 Å². The van der Waals surface area contributed by atoms with Crippen LogP contribution < -0.4 is 0 Å². The van der Waals surface area contributed by atoms with E-state index in [2.05, 4.69) is 41.4 Å². The number of benzene rings is 1. The average molecular weight is 234 g/mol. The highest BCUT2D eigenvalue weighted by atomic mass is 14.7. The molecule has 4 bridgehead atoms. The minimum Gasteiger partial charge on any atom is -0.245 e. The van der Waals surface area contributed by atoms with Gasteiger partial charge in [-0.3, -0.25) is 0 Å². The molecule has 0 radical (unpaired) electrons. The van der Waals surface area contributed by atoms with Crippen molar-refractivity contribution in [2.45, 2.75) is 25.7 Å². The number of hydrogen-bond donors (Lipinski definition) is 0. The van der Waals surface area contributed by atoms with Gasteiger partial charge in [-0.1, -0.05) is 30.3 Å². The zero-order valence-corrected chi connectivity index (χ0v) is 10.2. The van der Waals surface area contributed by atoms with Crippen molar-refractivity contribution in [3.63, 3.8) is 0 Å². The molecule has 0 aliphatic heterocycles. The van der Waals surface area contributed by atoms with Gasteiger partial charge in [0.15, 0.2) is 0 Å². The van der Waals surface area contributed by atoms with Crippen LogP contribution in [-0.4, -0.2) is 4.98 Å². The van der Waals surface area contributed by atoms with Gasteiger partial charge in [0.25, 0.3) is 0 Å². The molecule has 0 N–H and O–H groups in total. The van der Waals surface area contributed by atoms with Crippen LogP contribution in [0.4, 0.5) is 0 Å². The van der Waals surface area contributed by atoms with E-state index in [4.69, 9.17) is 5.26 Å². The lowest BCUT2D eigenvalue weighted by Gasteiger charge is -2.11. The Balaban J connectivity index is 2.01. The molecule has 2 nitrogen and oxygen atoms in total. The maximum absolute atomic E-state index is 9.08. The van der Waals surface area contributed by atoms with Crippen LogP contribution in [0.1, 0.15) is 27.9 Å². The Hall–Kier alpha value is -2.14. The molecule has 0 amide bonds. The fraction of sp³-hybridized carbons (Fsp3) is 0.250. The predicted octanol–water partition coefficient (Wildman–Crippen LogP) is 2.84. The number of rotatable bonds is 0. The van der Waals surface area contributed by atoms with Gasteiger partial charge >= 0.3 is 0 Å². The van der Waals surface area contributed by atoms with Crippen molar-refractivity contribution in [2.24, 2.45) is 0 Å². The van der Waals surface area contributed by atoms with Crippen LogP contribution in [0.5, 0.6) is 0 Å². The summed E-state index contributed by atoms with van der Waals surface area (Å²) in [5.74, 6) is 0. The van der Waals surface area contributed by atoms with E-state index in [1.165, 1.54) is 16.7 Å². The summed E-state index contributed by atoms with van der Waals surface area (Å²) in [5.41, 5.74) is 5.64. The number of hydrogen-bond acceptors (Lipinski definition) is 2. The molecule has 1 aliphatic rings. The van der Waals surface area contributed by atoms with Gasteiger partial charge in [0.2, 0.25) is 0 Å². The Labute approximate surface area is 107 Å². The molecule has 0 fully saturated rings. The van der Waals surface area contributed by atoms with Crippen molar-refractivity contribution in [1.29, 1.82) is 5.26 Å². The number of nitrogens with zero attached hydrogens (tertiary/aromatic N) is 2. The largest absolute Gasteiger partial charge is 0.245 e. The van der Waals surface area contributed by atoms with E-state index < -0.39 is 0 Å². The molecule has 0 spiro atoms. The van der Waals surface area contributed by atoms with E-state index in [9.17, 15) is 0 Å². The van der Waals surface area contributed by atoms with E-state index in [1.54, 1.807) is 0 Å². The Bertz CT molecular complexity index is 623. The van der Waals surface area contributed by atoms with Crippen molar-refractivity contribution >= 4 is 0 Å². The zero-order valence-electron chi connectivity index (χ0n) is 10.2. The molecule has 1 aromatic heterocycles. The summed E-state index contributed by atoms with van der Waals surface area (Å²) in [4.78, 5) is 4.27. The molecule has 0 saturated heterocycles. The van der Waals surface area contributed by atoms with Gasteiger partial charge in [-0.05, 0) is 47.9 Å². The van der Waals surface area contributed by atoms with Gasteiger partial charge in [0, 0.05) is 6.20 Å². The topological polar surface area (TPSA) is 36.7 Å². The van der Waals surface area contributed by atoms with Crippen LogP contribution in [0.3, 0.4) is 0 Å². The van der Waals surface area contributed by atoms with Crippen molar-refractivity contribution in [3.05, 3.63) is 64.5 Å². The quantitative estimate of drug-likeness (QED) is 0.702. The highest BCUT2D eigenvalue weighted by Gasteiger charge is 2.08. The summed E-state index contributed by atoms with van der Waals surface area (Å²) >= 11 is 0. The molecule has 0 unspecified atom stereocenters. The van der Waals surface area contributed by atoms with Gasteiger partial charge in [-0.2, -0.15) is 5.26 Å². The van der Waals surface area contributed by atoms with Crippen LogP contribution in [0.2, 0.25) is 0 Å². The minimum atomic E-state index is 0.579. The number of fused-ring (bicyclic) bond motifs is 4. The maximum atomic E-state index is 9.08. The van der Waals surface area contributed by atoms with Crippen LogP contribution in [0.15, 0.2) is 36.5 Å². The first kappa shape index (κ1) is 11.0. The van der Waals surface area contributed by atoms with Gasteiger partial charge in [-0.15, -0.1) is 0 Å². The molecule has 18 heavy (non-hydrogen) atoms. The van der Waals surface area contributed by atoms with E-state index in [0.29, 0.717) is 5.69 Å². The molecule has 1 aliphatic carbocycles. The Morgan fingerprint density at radius 1 is 0.944 bits per heavy atom. The lowest BCUT2D eigenvalue weighted by Crippen LogP contribution is -2.03. The van der Waals surface area contributed by atoms with E-state index in [0.717, 1.165) is 31.2 Å². The fourth-order valence-corrected chi connectivity index (χ4v) is 2.50. The molecule has 3 rings (SSSR count). The highest BCUT2D eigenvalue weighted by molar-refractivity contribution is 5.36. The van der Waals surface area contributed by atoms with E-state index in [-0.39, 0.29) is 0 Å². The Kier molecular flexibility index (Phi) is 2.82. The first-order valence-corrected chi connectivity index (χ1v) is 6.31. The van der Waals surface area contributed by atoms with Crippen LogP contribution in [-0.2, 0) is 25.7 Å². The first-order chi connectivity index (χ1) is 8.85. The monoisotopic (exact) mass is 234 g/mol. The Morgan fingerprint density at radius 2 is 1.67 bits per heavy atom. The van der Waals surface area contributed by atoms with Crippen LogP contribution in [0, 0.1) is 11.3 Å². The lowest BCUT2D eigenvalue weighted by atomic mass is 9.95. The second-order valence-electron chi connectivity index (χ2n) is 4.78.